The lowest BCUT2D eigenvalue weighted by molar-refractivity contribution is -0.0312. The van der Waals surface area contributed by atoms with Crippen molar-refractivity contribution in [3.05, 3.63) is 78.4 Å². The standard InChI is InChI=1S/C32H41N3O8S2/c33-20-24-7-9-25(10-8-24)26-3-1-6-31(17-26)45(40,41)35-13-11-32(12-14-35)19-27(22-43-32)34-21-28(37)23-42-29-4-2-5-30(18-29)44(38,39)16-15-36/h1-10,17-18,27-28,34,36-37H,11-16,19-23,33H2/t27-,28+/m1/s1. The number of nitrogens with one attached hydrogen (secondary N) is 1. The van der Waals surface area contributed by atoms with Gasteiger partial charge in [-0.15, -0.1) is 0 Å². The van der Waals surface area contributed by atoms with E-state index < -0.39 is 38.2 Å². The van der Waals surface area contributed by atoms with Crippen molar-refractivity contribution >= 4 is 19.9 Å². The van der Waals surface area contributed by atoms with E-state index in [4.69, 9.17) is 20.3 Å². The van der Waals surface area contributed by atoms with Crippen molar-refractivity contribution in [2.75, 3.05) is 45.2 Å². The SMILES string of the molecule is NCc1ccc(-c2cccc(S(=O)(=O)N3CCC4(CC3)C[C@@H](NC[C@H](O)COc3cccc(S(=O)(=O)CCO)c3)CO4)c2)cc1. The number of aliphatic hydroxyl groups is 2. The van der Waals surface area contributed by atoms with E-state index in [-0.39, 0.29) is 34.7 Å². The Balaban J connectivity index is 1.10. The second-order valence-electron chi connectivity index (χ2n) is 11.6. The Morgan fingerprint density at radius 1 is 0.978 bits per heavy atom. The number of sulfone groups is 1. The second kappa shape index (κ2) is 14.3. The van der Waals surface area contributed by atoms with Gasteiger partial charge in [-0.2, -0.15) is 4.31 Å². The zero-order valence-corrected chi connectivity index (χ0v) is 26.7. The third-order valence-electron chi connectivity index (χ3n) is 8.45. The number of piperidine rings is 1. The quantitative estimate of drug-likeness (QED) is 0.213. The van der Waals surface area contributed by atoms with Crippen LogP contribution in [0.2, 0.25) is 0 Å². The Bertz CT molecular complexity index is 1660. The van der Waals surface area contributed by atoms with Crippen LogP contribution >= 0.6 is 0 Å². The third-order valence-corrected chi connectivity index (χ3v) is 12.0. The summed E-state index contributed by atoms with van der Waals surface area (Å²) in [7, 11) is -7.28. The van der Waals surface area contributed by atoms with Gasteiger partial charge in [-0.1, -0.05) is 42.5 Å². The van der Waals surface area contributed by atoms with Crippen molar-refractivity contribution in [1.82, 2.24) is 9.62 Å². The van der Waals surface area contributed by atoms with Crippen LogP contribution in [-0.2, 0) is 31.1 Å². The maximum atomic E-state index is 13.6. The molecule has 2 aliphatic heterocycles. The van der Waals surface area contributed by atoms with Crippen LogP contribution in [0.4, 0.5) is 0 Å². The molecule has 1 spiro atoms. The van der Waals surface area contributed by atoms with Gasteiger partial charge < -0.3 is 30.7 Å². The number of sulfonamides is 1. The van der Waals surface area contributed by atoms with Gasteiger partial charge in [0.1, 0.15) is 18.5 Å². The van der Waals surface area contributed by atoms with Crippen LogP contribution in [0.25, 0.3) is 11.1 Å². The summed E-state index contributed by atoms with van der Waals surface area (Å²) in [5.74, 6) is -0.0628. The van der Waals surface area contributed by atoms with Gasteiger partial charge in [0.15, 0.2) is 9.84 Å². The topological polar surface area (TPSA) is 168 Å². The molecule has 0 bridgehead atoms. The van der Waals surface area contributed by atoms with Crippen molar-refractivity contribution in [2.45, 2.75) is 53.3 Å². The molecule has 2 saturated heterocycles. The van der Waals surface area contributed by atoms with Crippen molar-refractivity contribution in [3.8, 4) is 16.9 Å². The molecular weight excluding hydrogens is 618 g/mol. The summed E-state index contributed by atoms with van der Waals surface area (Å²) in [6, 6.07) is 20.8. The Kier molecular flexibility index (Phi) is 10.6. The van der Waals surface area contributed by atoms with Crippen LogP contribution < -0.4 is 15.8 Å². The first-order valence-electron chi connectivity index (χ1n) is 15.1. The first-order chi connectivity index (χ1) is 21.5. The molecule has 2 fully saturated rings. The second-order valence-corrected chi connectivity index (χ2v) is 15.7. The molecule has 5 rings (SSSR count). The number of hydrogen-bond acceptors (Lipinski definition) is 10. The summed E-state index contributed by atoms with van der Waals surface area (Å²) in [6.07, 6.45) is 1.01. The van der Waals surface area contributed by atoms with Crippen LogP contribution in [0.5, 0.6) is 5.75 Å². The van der Waals surface area contributed by atoms with Crippen LogP contribution in [0.15, 0.2) is 82.6 Å². The molecule has 2 aliphatic rings. The van der Waals surface area contributed by atoms with Gasteiger partial charge >= 0.3 is 0 Å². The average molecular weight is 660 g/mol. The summed E-state index contributed by atoms with van der Waals surface area (Å²) in [5, 5.41) is 22.8. The molecular formula is C32H41N3O8S2. The highest BCUT2D eigenvalue weighted by molar-refractivity contribution is 7.91. The fourth-order valence-corrected chi connectivity index (χ4v) is 8.37. The predicted molar refractivity (Wildman–Crippen MR) is 170 cm³/mol. The smallest absolute Gasteiger partial charge is 0.243 e. The van der Waals surface area contributed by atoms with Crippen molar-refractivity contribution in [1.29, 1.82) is 0 Å². The maximum Gasteiger partial charge on any atom is 0.243 e. The van der Waals surface area contributed by atoms with Crippen LogP contribution in [-0.4, -0.2) is 94.3 Å². The van der Waals surface area contributed by atoms with Gasteiger partial charge in [0, 0.05) is 32.2 Å². The number of ether oxygens (including phenoxy) is 2. The molecule has 0 aliphatic carbocycles. The lowest BCUT2D eigenvalue weighted by atomic mass is 9.88. The highest BCUT2D eigenvalue weighted by Gasteiger charge is 2.44. The van der Waals surface area contributed by atoms with Gasteiger partial charge in [0.25, 0.3) is 0 Å². The van der Waals surface area contributed by atoms with E-state index in [0.29, 0.717) is 51.3 Å². The number of hydrogen-bond donors (Lipinski definition) is 4. The predicted octanol–water partition coefficient (Wildman–Crippen LogP) is 1.92. The van der Waals surface area contributed by atoms with E-state index in [2.05, 4.69) is 5.32 Å². The number of aliphatic hydroxyl groups excluding tert-OH is 2. The van der Waals surface area contributed by atoms with Gasteiger partial charge in [-0.25, -0.2) is 16.8 Å². The van der Waals surface area contributed by atoms with E-state index in [1.807, 2.05) is 30.3 Å². The molecule has 0 aromatic heterocycles. The molecule has 0 amide bonds. The first kappa shape index (κ1) is 33.5. The third kappa shape index (κ3) is 8.10. The Morgan fingerprint density at radius 2 is 1.69 bits per heavy atom. The Labute approximate surface area is 264 Å². The van der Waals surface area contributed by atoms with Gasteiger partial charge in [-0.3, -0.25) is 0 Å². The fraction of sp³-hybridized carbons (Fsp3) is 0.438. The number of nitrogens with zero attached hydrogens (tertiary/aromatic N) is 1. The lowest BCUT2D eigenvalue weighted by Crippen LogP contribution is -2.47. The highest BCUT2D eigenvalue weighted by atomic mass is 32.2. The summed E-state index contributed by atoms with van der Waals surface area (Å²) < 4.78 is 64.8. The van der Waals surface area contributed by atoms with Gasteiger partial charge in [0.2, 0.25) is 10.0 Å². The summed E-state index contributed by atoms with van der Waals surface area (Å²) in [5.41, 5.74) is 8.04. The van der Waals surface area contributed by atoms with Crippen LogP contribution in [0.3, 0.4) is 0 Å². The zero-order valence-electron chi connectivity index (χ0n) is 25.0. The Hall–Kier alpha value is -2.88. The molecule has 5 N–H and O–H groups in total. The maximum absolute atomic E-state index is 13.6. The molecule has 45 heavy (non-hydrogen) atoms. The van der Waals surface area contributed by atoms with Gasteiger partial charge in [0.05, 0.1) is 34.4 Å². The molecule has 11 nitrogen and oxygen atoms in total. The number of benzene rings is 3. The molecule has 3 aromatic rings. The summed E-state index contributed by atoms with van der Waals surface area (Å²) >= 11 is 0. The van der Waals surface area contributed by atoms with Crippen molar-refractivity contribution in [2.24, 2.45) is 5.73 Å². The van der Waals surface area contributed by atoms with Crippen molar-refractivity contribution in [3.63, 3.8) is 0 Å². The van der Waals surface area contributed by atoms with Gasteiger partial charge in [-0.05, 0) is 66.3 Å². The fourth-order valence-electron chi connectivity index (χ4n) is 5.83. The van der Waals surface area contributed by atoms with E-state index in [1.165, 1.54) is 16.4 Å². The zero-order chi connectivity index (χ0) is 32.1. The molecule has 0 radical (unpaired) electrons. The molecule has 0 saturated carbocycles. The normalized spacial score (nSPS) is 19.5. The average Bonchev–Trinajstić information content (AvgIpc) is 3.45. The molecule has 3 aromatic carbocycles. The highest BCUT2D eigenvalue weighted by Crippen LogP contribution is 2.37. The lowest BCUT2D eigenvalue weighted by Gasteiger charge is -2.38. The van der Waals surface area contributed by atoms with E-state index >= 15 is 0 Å². The minimum absolute atomic E-state index is 0.00268. The van der Waals surface area contributed by atoms with E-state index in [9.17, 15) is 21.9 Å². The van der Waals surface area contributed by atoms with E-state index in [1.54, 1.807) is 30.3 Å². The minimum Gasteiger partial charge on any atom is -0.491 e. The van der Waals surface area contributed by atoms with Crippen LogP contribution in [0, 0.1) is 0 Å². The minimum atomic E-state index is -3.68. The summed E-state index contributed by atoms with van der Waals surface area (Å²) in [4.78, 5) is 0.316. The Morgan fingerprint density at radius 3 is 2.40 bits per heavy atom. The number of rotatable bonds is 13. The van der Waals surface area contributed by atoms with Crippen LogP contribution in [0.1, 0.15) is 24.8 Å². The van der Waals surface area contributed by atoms with Crippen molar-refractivity contribution < 1.29 is 36.5 Å². The largest absolute Gasteiger partial charge is 0.491 e. The molecule has 244 valence electrons. The first-order valence-corrected chi connectivity index (χ1v) is 18.1. The molecule has 2 atom stereocenters. The monoisotopic (exact) mass is 659 g/mol. The summed E-state index contributed by atoms with van der Waals surface area (Å²) in [6.45, 7) is 1.35. The molecule has 13 heteroatoms. The molecule has 2 heterocycles. The molecule has 0 unspecified atom stereocenters. The van der Waals surface area contributed by atoms with E-state index in [0.717, 1.165) is 16.7 Å². The number of nitrogens with two attached hydrogens (primary N) is 1.